The predicted octanol–water partition coefficient (Wildman–Crippen LogP) is 5.91. The van der Waals surface area contributed by atoms with Crippen molar-refractivity contribution in [2.24, 2.45) is 0 Å². The number of methoxy groups -OCH3 is 2. The largest absolute Gasteiger partial charge is 0.467 e. The number of carbonyl (C=O) groups excluding carboxylic acids is 4. The van der Waals surface area contributed by atoms with E-state index in [4.69, 9.17) is 18.9 Å². The van der Waals surface area contributed by atoms with Crippen LogP contribution in [0.1, 0.15) is 77.3 Å². The molecule has 0 unspecified atom stereocenters. The summed E-state index contributed by atoms with van der Waals surface area (Å²) in [5, 5.41) is 0. The Labute approximate surface area is 260 Å². The first-order valence-electron chi connectivity index (χ1n) is 14.9. The van der Waals surface area contributed by atoms with Crippen molar-refractivity contribution in [3.05, 3.63) is 71.8 Å². The van der Waals surface area contributed by atoms with Crippen LogP contribution in [0, 0.1) is 0 Å². The fourth-order valence-corrected chi connectivity index (χ4v) is 5.56. The Bertz CT molecular complexity index is 1170. The summed E-state index contributed by atoms with van der Waals surface area (Å²) in [4.78, 5) is 52.1. The molecule has 2 heterocycles. The van der Waals surface area contributed by atoms with Gasteiger partial charge in [-0.25, -0.2) is 19.2 Å². The van der Waals surface area contributed by atoms with Crippen LogP contribution in [-0.2, 0) is 28.5 Å². The highest BCUT2D eigenvalue weighted by molar-refractivity contribution is 5.84. The average Bonchev–Trinajstić information content (AvgIpc) is 3.62. The number of esters is 2. The van der Waals surface area contributed by atoms with Gasteiger partial charge in [-0.05, 0) is 65.5 Å². The van der Waals surface area contributed by atoms with Gasteiger partial charge in [0.1, 0.15) is 23.3 Å². The lowest BCUT2D eigenvalue weighted by atomic mass is 9.92. The first-order valence-corrected chi connectivity index (χ1v) is 14.9. The Morgan fingerprint density at radius 2 is 0.909 bits per heavy atom. The van der Waals surface area contributed by atoms with E-state index in [-0.39, 0.29) is 11.8 Å². The molecule has 240 valence electrons. The molecular formula is C34H46N2O8. The molecule has 0 N–H and O–H groups in total. The molecule has 0 radical (unpaired) electrons. The van der Waals surface area contributed by atoms with Gasteiger partial charge in [0.2, 0.25) is 0 Å². The first-order chi connectivity index (χ1) is 20.7. The molecule has 2 aliphatic rings. The Balaban J connectivity index is 0.000000240. The van der Waals surface area contributed by atoms with Gasteiger partial charge in [-0.3, -0.25) is 9.80 Å². The SMILES string of the molecule is COC(=O)[C@@H]1[C@@H](c2ccccc2)CCN1C(=O)OC(C)(C)C.COC(=O)[C@H]1[C@H](c2ccccc2)CCN1C(=O)OC(C)(C)C. The summed E-state index contributed by atoms with van der Waals surface area (Å²) in [5.41, 5.74) is 0.874. The summed E-state index contributed by atoms with van der Waals surface area (Å²) in [7, 11) is 2.69. The molecule has 0 saturated carbocycles. The van der Waals surface area contributed by atoms with E-state index in [1.54, 1.807) is 0 Å². The molecular weight excluding hydrogens is 564 g/mol. The molecule has 4 rings (SSSR count). The quantitative estimate of drug-likeness (QED) is 0.311. The molecule has 4 atom stereocenters. The zero-order chi connectivity index (χ0) is 32.7. The Morgan fingerprint density at radius 1 is 0.591 bits per heavy atom. The molecule has 2 fully saturated rings. The van der Waals surface area contributed by atoms with E-state index in [2.05, 4.69) is 0 Å². The van der Waals surface area contributed by atoms with Crippen LogP contribution in [0.4, 0.5) is 9.59 Å². The molecule has 2 aliphatic heterocycles. The van der Waals surface area contributed by atoms with Crippen LogP contribution in [0.5, 0.6) is 0 Å². The molecule has 0 bridgehead atoms. The van der Waals surface area contributed by atoms with Crippen molar-refractivity contribution >= 4 is 24.1 Å². The van der Waals surface area contributed by atoms with Gasteiger partial charge < -0.3 is 18.9 Å². The van der Waals surface area contributed by atoms with Gasteiger partial charge in [0.15, 0.2) is 0 Å². The average molecular weight is 611 g/mol. The molecule has 44 heavy (non-hydrogen) atoms. The maximum atomic E-state index is 12.4. The molecule has 2 aromatic rings. The van der Waals surface area contributed by atoms with E-state index in [1.165, 1.54) is 24.0 Å². The number of rotatable bonds is 4. The van der Waals surface area contributed by atoms with Gasteiger partial charge in [0.05, 0.1) is 14.2 Å². The van der Waals surface area contributed by atoms with Crippen molar-refractivity contribution in [1.29, 1.82) is 0 Å². The molecule has 10 heteroatoms. The number of nitrogens with zero attached hydrogens (tertiary/aromatic N) is 2. The fraction of sp³-hybridized carbons (Fsp3) is 0.529. The first kappa shape index (κ1) is 34.4. The lowest BCUT2D eigenvalue weighted by molar-refractivity contribution is -0.146. The van der Waals surface area contributed by atoms with Crippen molar-refractivity contribution in [3.8, 4) is 0 Å². The molecule has 0 aliphatic carbocycles. The Kier molecular flexibility index (Phi) is 11.4. The van der Waals surface area contributed by atoms with Gasteiger partial charge in [0, 0.05) is 24.9 Å². The van der Waals surface area contributed by atoms with Crippen LogP contribution in [-0.4, -0.2) is 84.5 Å². The zero-order valence-electron chi connectivity index (χ0n) is 27.1. The van der Waals surface area contributed by atoms with Crippen molar-refractivity contribution in [2.75, 3.05) is 27.3 Å². The standard InChI is InChI=1S/2C17H23NO4/c2*1-17(2,3)22-16(20)18-11-10-13(14(18)15(19)21-4)12-8-6-5-7-9-12/h2*5-9,13-14H,10-11H2,1-4H3/t2*13-,14+/m10/s1. The van der Waals surface area contributed by atoms with Gasteiger partial charge in [-0.2, -0.15) is 0 Å². The molecule has 0 aromatic heterocycles. The van der Waals surface area contributed by atoms with Crippen LogP contribution in [0.3, 0.4) is 0 Å². The zero-order valence-corrected chi connectivity index (χ0v) is 27.1. The fourth-order valence-electron chi connectivity index (χ4n) is 5.56. The van der Waals surface area contributed by atoms with E-state index < -0.39 is 47.4 Å². The highest BCUT2D eigenvalue weighted by Gasteiger charge is 2.46. The minimum atomic E-state index is -0.637. The maximum absolute atomic E-state index is 12.4. The molecule has 10 nitrogen and oxygen atoms in total. The summed E-state index contributed by atoms with van der Waals surface area (Å²) in [5.74, 6) is -0.947. The summed E-state index contributed by atoms with van der Waals surface area (Å²) >= 11 is 0. The number of amides is 2. The maximum Gasteiger partial charge on any atom is 0.411 e. The second-order valence-electron chi connectivity index (χ2n) is 12.9. The summed E-state index contributed by atoms with van der Waals surface area (Å²) in [6, 6.07) is 18.2. The van der Waals surface area contributed by atoms with E-state index in [0.717, 1.165) is 11.1 Å². The van der Waals surface area contributed by atoms with Crippen molar-refractivity contribution in [1.82, 2.24) is 9.80 Å². The molecule has 2 saturated heterocycles. The van der Waals surface area contributed by atoms with Gasteiger partial charge in [-0.1, -0.05) is 60.7 Å². The third-order valence-electron chi connectivity index (χ3n) is 7.39. The normalized spacial score (nSPS) is 21.5. The third-order valence-corrected chi connectivity index (χ3v) is 7.39. The Hall–Kier alpha value is -4.08. The minimum absolute atomic E-state index is 0.0684. The second kappa shape index (κ2) is 14.6. The third kappa shape index (κ3) is 8.97. The van der Waals surface area contributed by atoms with E-state index in [1.807, 2.05) is 102 Å². The van der Waals surface area contributed by atoms with Gasteiger partial charge >= 0.3 is 24.1 Å². The predicted molar refractivity (Wildman–Crippen MR) is 165 cm³/mol. The number of hydrogen-bond acceptors (Lipinski definition) is 8. The van der Waals surface area contributed by atoms with E-state index in [9.17, 15) is 19.2 Å². The Morgan fingerprint density at radius 3 is 1.18 bits per heavy atom. The van der Waals surface area contributed by atoms with E-state index in [0.29, 0.717) is 25.9 Å². The van der Waals surface area contributed by atoms with Gasteiger partial charge in [-0.15, -0.1) is 0 Å². The van der Waals surface area contributed by atoms with Crippen LogP contribution in [0.15, 0.2) is 60.7 Å². The number of ether oxygens (including phenoxy) is 4. The van der Waals surface area contributed by atoms with Crippen LogP contribution >= 0.6 is 0 Å². The topological polar surface area (TPSA) is 112 Å². The second-order valence-corrected chi connectivity index (χ2v) is 12.9. The number of benzene rings is 2. The van der Waals surface area contributed by atoms with Crippen molar-refractivity contribution in [2.45, 2.75) is 89.5 Å². The molecule has 0 spiro atoms. The lowest BCUT2D eigenvalue weighted by Crippen LogP contribution is -2.45. The summed E-state index contributed by atoms with van der Waals surface area (Å²) < 4.78 is 20.6. The molecule has 2 amide bonds. The van der Waals surface area contributed by atoms with Gasteiger partial charge in [0.25, 0.3) is 0 Å². The van der Waals surface area contributed by atoms with E-state index >= 15 is 0 Å². The number of likely N-dealkylation sites (tertiary alicyclic amines) is 2. The van der Waals surface area contributed by atoms with Crippen molar-refractivity contribution in [3.63, 3.8) is 0 Å². The summed E-state index contributed by atoms with van der Waals surface area (Å²) in [6.07, 6.45) is 0.481. The summed E-state index contributed by atoms with van der Waals surface area (Å²) in [6.45, 7) is 11.8. The smallest absolute Gasteiger partial charge is 0.411 e. The highest BCUT2D eigenvalue weighted by atomic mass is 16.6. The molecule has 2 aromatic carbocycles. The van der Waals surface area contributed by atoms with Crippen LogP contribution in [0.25, 0.3) is 0 Å². The van der Waals surface area contributed by atoms with Crippen LogP contribution in [0.2, 0.25) is 0 Å². The number of hydrogen-bond donors (Lipinski definition) is 0. The van der Waals surface area contributed by atoms with Crippen molar-refractivity contribution < 1.29 is 38.1 Å². The highest BCUT2D eigenvalue weighted by Crippen LogP contribution is 2.36. The monoisotopic (exact) mass is 610 g/mol. The minimum Gasteiger partial charge on any atom is -0.467 e. The number of carbonyl (C=O) groups is 4. The lowest BCUT2D eigenvalue weighted by Gasteiger charge is -2.29. The van der Waals surface area contributed by atoms with Crippen LogP contribution < -0.4 is 0 Å².